The van der Waals surface area contributed by atoms with E-state index in [1.54, 1.807) is 6.20 Å². The van der Waals surface area contributed by atoms with Crippen LogP contribution in [0.2, 0.25) is 5.02 Å². The van der Waals surface area contributed by atoms with Gasteiger partial charge in [-0.1, -0.05) is 18.5 Å². The van der Waals surface area contributed by atoms with Gasteiger partial charge in [0.1, 0.15) is 11.3 Å². The lowest BCUT2D eigenvalue weighted by Gasteiger charge is -2.31. The fraction of sp³-hybridized carbons (Fsp3) is 0.389. The van der Waals surface area contributed by atoms with Crippen LogP contribution in [0.4, 0.5) is 26.4 Å². The molecule has 1 aliphatic rings. The highest BCUT2D eigenvalue weighted by Gasteiger charge is 2.26. The Morgan fingerprint density at radius 1 is 1.25 bits per heavy atom. The highest BCUT2D eigenvalue weighted by atomic mass is 35.5. The number of benzene rings is 1. The molecule has 1 aliphatic carbocycles. The molecule has 1 saturated carbocycles. The zero-order chi connectivity index (χ0) is 19.8. The van der Waals surface area contributed by atoms with E-state index in [2.05, 4.69) is 30.6 Å². The van der Waals surface area contributed by atoms with E-state index in [-0.39, 0.29) is 28.8 Å². The second-order valence-corrected chi connectivity index (χ2v) is 7.49. The average Bonchev–Trinajstić information content (AvgIpc) is 3.03. The van der Waals surface area contributed by atoms with E-state index in [9.17, 15) is 13.9 Å². The number of aliphatic hydroxyl groups excluding tert-OH is 1. The van der Waals surface area contributed by atoms with Crippen molar-refractivity contribution in [1.82, 2.24) is 19.9 Å². The van der Waals surface area contributed by atoms with E-state index >= 15 is 0 Å². The van der Waals surface area contributed by atoms with Crippen LogP contribution in [-0.4, -0.2) is 37.2 Å². The first-order valence-corrected chi connectivity index (χ1v) is 9.36. The van der Waals surface area contributed by atoms with Crippen LogP contribution in [0.25, 0.3) is 11.2 Å². The minimum Gasteiger partial charge on any atom is -0.393 e. The van der Waals surface area contributed by atoms with Gasteiger partial charge in [-0.05, 0) is 31.2 Å². The fourth-order valence-corrected chi connectivity index (χ4v) is 3.57. The number of nitrogens with one attached hydrogen (secondary N) is 3. The maximum atomic E-state index is 13.9. The molecule has 0 aliphatic heterocycles. The minimum absolute atomic E-state index is 0.0845. The van der Waals surface area contributed by atoms with Crippen molar-refractivity contribution in [3.05, 3.63) is 35.0 Å². The maximum Gasteiger partial charge on any atom is 0.225 e. The lowest BCUT2D eigenvalue weighted by atomic mass is 9.85. The molecule has 0 radical (unpaired) electrons. The van der Waals surface area contributed by atoms with E-state index in [0.717, 1.165) is 25.0 Å². The van der Waals surface area contributed by atoms with Gasteiger partial charge in [-0.15, -0.1) is 0 Å². The third-order valence-corrected chi connectivity index (χ3v) is 5.27. The largest absolute Gasteiger partial charge is 0.393 e. The fourth-order valence-electron chi connectivity index (χ4n) is 3.33. The van der Waals surface area contributed by atoms with Crippen molar-refractivity contribution >= 4 is 40.3 Å². The van der Waals surface area contributed by atoms with Gasteiger partial charge in [-0.25, -0.2) is 13.8 Å². The number of imidazole rings is 1. The molecule has 1 aromatic carbocycles. The van der Waals surface area contributed by atoms with Gasteiger partial charge in [0, 0.05) is 12.1 Å². The molecule has 148 valence electrons. The lowest BCUT2D eigenvalue weighted by molar-refractivity contribution is 0.0739. The second kappa shape index (κ2) is 7.48. The van der Waals surface area contributed by atoms with Gasteiger partial charge in [0.15, 0.2) is 11.5 Å². The number of H-pyrrole nitrogens is 1. The summed E-state index contributed by atoms with van der Waals surface area (Å²) < 4.78 is 27.1. The Labute approximate surface area is 164 Å². The van der Waals surface area contributed by atoms with E-state index < -0.39 is 11.6 Å². The van der Waals surface area contributed by atoms with Crippen LogP contribution in [0.15, 0.2) is 18.3 Å². The lowest BCUT2D eigenvalue weighted by Crippen LogP contribution is -2.35. The summed E-state index contributed by atoms with van der Waals surface area (Å²) in [6, 6.07) is 1.84. The summed E-state index contributed by atoms with van der Waals surface area (Å²) in [5.74, 6) is -0.690. The molecule has 28 heavy (non-hydrogen) atoms. The summed E-state index contributed by atoms with van der Waals surface area (Å²) in [5, 5.41) is 15.9. The Bertz CT molecular complexity index is 990. The van der Waals surface area contributed by atoms with Gasteiger partial charge >= 0.3 is 0 Å². The molecule has 0 saturated heterocycles. The molecule has 3 atom stereocenters. The summed E-state index contributed by atoms with van der Waals surface area (Å²) in [4.78, 5) is 15.8. The van der Waals surface area contributed by atoms with Gasteiger partial charge in [-0.2, -0.15) is 9.97 Å². The summed E-state index contributed by atoms with van der Waals surface area (Å²) in [6.45, 7) is 2.04. The molecule has 4 N–H and O–H groups in total. The number of hydrogen-bond acceptors (Lipinski definition) is 6. The molecule has 3 aromatic rings. The molecule has 0 bridgehead atoms. The number of aromatic nitrogens is 4. The number of halogens is 3. The smallest absolute Gasteiger partial charge is 0.225 e. The molecular formula is C18H19ClF2N6O. The Morgan fingerprint density at radius 3 is 2.82 bits per heavy atom. The molecule has 10 heteroatoms. The number of aromatic amines is 1. The van der Waals surface area contributed by atoms with Crippen LogP contribution < -0.4 is 10.6 Å². The van der Waals surface area contributed by atoms with Crippen molar-refractivity contribution in [3.8, 4) is 0 Å². The Morgan fingerprint density at radius 2 is 2.07 bits per heavy atom. The van der Waals surface area contributed by atoms with Crippen molar-refractivity contribution in [2.75, 3.05) is 10.6 Å². The quantitative estimate of drug-likeness (QED) is 0.521. The molecule has 1 fully saturated rings. The number of nitrogens with zero attached hydrogens (tertiary/aromatic N) is 3. The first kappa shape index (κ1) is 18.8. The molecule has 0 amide bonds. The van der Waals surface area contributed by atoms with E-state index in [4.69, 9.17) is 11.6 Å². The zero-order valence-corrected chi connectivity index (χ0v) is 15.8. The van der Waals surface area contributed by atoms with Gasteiger partial charge in [-0.3, -0.25) is 0 Å². The minimum atomic E-state index is -0.830. The molecule has 2 aromatic heterocycles. The van der Waals surface area contributed by atoms with Gasteiger partial charge in [0.2, 0.25) is 11.9 Å². The molecular weight excluding hydrogens is 390 g/mol. The van der Waals surface area contributed by atoms with Gasteiger partial charge in [0.05, 0.1) is 23.0 Å². The zero-order valence-electron chi connectivity index (χ0n) is 15.0. The number of fused-ring (bicyclic) bond motifs is 1. The van der Waals surface area contributed by atoms with E-state index in [1.165, 1.54) is 0 Å². The van der Waals surface area contributed by atoms with Crippen LogP contribution in [0.1, 0.15) is 26.2 Å². The van der Waals surface area contributed by atoms with Crippen LogP contribution in [-0.2, 0) is 0 Å². The first-order valence-electron chi connectivity index (χ1n) is 8.98. The maximum absolute atomic E-state index is 13.9. The summed E-state index contributed by atoms with van der Waals surface area (Å²) in [6.07, 6.45) is 3.72. The normalized spacial score (nSPS) is 22.4. The van der Waals surface area contributed by atoms with Crippen LogP contribution >= 0.6 is 11.6 Å². The Balaban J connectivity index is 1.52. The Kier molecular flexibility index (Phi) is 5.03. The molecule has 0 spiro atoms. The van der Waals surface area contributed by atoms with Crippen molar-refractivity contribution < 1.29 is 13.9 Å². The Hall–Kier alpha value is -2.52. The van der Waals surface area contributed by atoms with Crippen molar-refractivity contribution in [2.24, 2.45) is 5.92 Å². The first-order chi connectivity index (χ1) is 13.4. The van der Waals surface area contributed by atoms with Crippen molar-refractivity contribution in [1.29, 1.82) is 0 Å². The van der Waals surface area contributed by atoms with Crippen molar-refractivity contribution in [2.45, 2.75) is 38.3 Å². The molecule has 4 rings (SSSR count). The molecule has 7 nitrogen and oxygen atoms in total. The summed E-state index contributed by atoms with van der Waals surface area (Å²) >= 11 is 5.90. The number of hydrogen-bond donors (Lipinski definition) is 4. The highest BCUT2D eigenvalue weighted by Crippen LogP contribution is 2.29. The SMILES string of the molecule is C[C@@H]1CC[C@@H](Nc2ncc3[nH]c(Nc4c(F)cc(F)cc4Cl)nc3n2)C[C@H]1O. The van der Waals surface area contributed by atoms with Crippen molar-refractivity contribution in [3.63, 3.8) is 0 Å². The highest BCUT2D eigenvalue weighted by molar-refractivity contribution is 6.33. The average molecular weight is 409 g/mol. The van der Waals surface area contributed by atoms with E-state index in [1.807, 2.05) is 6.92 Å². The number of aliphatic hydroxyl groups is 1. The molecule has 2 heterocycles. The number of rotatable bonds is 4. The third-order valence-electron chi connectivity index (χ3n) is 4.98. The molecule has 0 unspecified atom stereocenters. The second-order valence-electron chi connectivity index (χ2n) is 7.08. The summed E-state index contributed by atoms with van der Waals surface area (Å²) in [5.41, 5.74) is 0.839. The van der Waals surface area contributed by atoms with Gasteiger partial charge in [0.25, 0.3) is 0 Å². The van der Waals surface area contributed by atoms with Crippen LogP contribution in [0.5, 0.6) is 0 Å². The van der Waals surface area contributed by atoms with Crippen LogP contribution in [0.3, 0.4) is 0 Å². The predicted molar refractivity (Wildman–Crippen MR) is 103 cm³/mol. The third kappa shape index (κ3) is 3.85. The van der Waals surface area contributed by atoms with Gasteiger partial charge < -0.3 is 20.7 Å². The topological polar surface area (TPSA) is 98.8 Å². The standard InChI is InChI=1S/C18H19ClF2N6O/c1-8-2-3-10(6-14(8)28)23-17-22-7-13-16(26-17)27-18(24-13)25-15-11(19)4-9(20)5-12(15)21/h4-5,7-8,10,14,28H,2-3,6H2,1H3,(H3,22,23,24,25,26,27)/t8-,10-,14-/m1/s1. The van der Waals surface area contributed by atoms with Crippen LogP contribution in [0, 0.1) is 17.6 Å². The predicted octanol–water partition coefficient (Wildman–Crippen LogP) is 3.99. The summed E-state index contributed by atoms with van der Waals surface area (Å²) in [7, 11) is 0. The van der Waals surface area contributed by atoms with E-state index in [0.29, 0.717) is 29.5 Å². The monoisotopic (exact) mass is 408 g/mol. The number of anilines is 3.